The molecule has 124 valence electrons. The molecule has 22 heavy (non-hydrogen) atoms. The Labute approximate surface area is 141 Å². The smallest absolute Gasteiger partial charge is 0.315 e. The average molecular weight is 343 g/mol. The Morgan fingerprint density at radius 3 is 2.77 bits per heavy atom. The molecule has 4 nitrogen and oxygen atoms in total. The Hall–Kier alpha value is -0.720. The molecular weight excluding hydrogens is 316 g/mol. The van der Waals surface area contributed by atoms with Gasteiger partial charge in [0.2, 0.25) is 0 Å². The van der Waals surface area contributed by atoms with Crippen molar-refractivity contribution in [2.75, 3.05) is 26.0 Å². The SMILES string of the molecule is CSC1(CNC(=O)N[C@H](C)Cc2ccc(C)s2)CCOCC1. The predicted molar refractivity (Wildman–Crippen MR) is 95.1 cm³/mol. The minimum Gasteiger partial charge on any atom is -0.381 e. The first-order valence-corrected chi connectivity index (χ1v) is 9.80. The number of ether oxygens (including phenoxy) is 1. The fraction of sp³-hybridized carbons (Fsp3) is 0.688. The lowest BCUT2D eigenvalue weighted by atomic mass is 9.99. The fourth-order valence-electron chi connectivity index (χ4n) is 2.66. The van der Waals surface area contributed by atoms with Crippen molar-refractivity contribution in [2.45, 2.75) is 43.9 Å². The summed E-state index contributed by atoms with van der Waals surface area (Å²) >= 11 is 3.63. The molecule has 1 aromatic heterocycles. The molecule has 1 atom stereocenters. The Balaban J connectivity index is 1.74. The number of hydrogen-bond acceptors (Lipinski definition) is 4. The first-order chi connectivity index (χ1) is 10.5. The lowest BCUT2D eigenvalue weighted by Gasteiger charge is -2.35. The summed E-state index contributed by atoms with van der Waals surface area (Å²) in [5.41, 5.74) is 0. The number of thiophene rings is 1. The molecule has 2 rings (SSSR count). The van der Waals surface area contributed by atoms with E-state index in [4.69, 9.17) is 4.74 Å². The number of hydrogen-bond donors (Lipinski definition) is 2. The number of thioether (sulfide) groups is 1. The largest absolute Gasteiger partial charge is 0.381 e. The molecule has 0 spiro atoms. The van der Waals surface area contributed by atoms with Crippen LogP contribution < -0.4 is 10.6 Å². The van der Waals surface area contributed by atoms with Gasteiger partial charge in [-0.05, 0) is 45.1 Å². The number of amides is 2. The number of aryl methyl sites for hydroxylation is 1. The highest BCUT2D eigenvalue weighted by Gasteiger charge is 2.32. The van der Waals surface area contributed by atoms with Crippen LogP contribution in [0.5, 0.6) is 0 Å². The van der Waals surface area contributed by atoms with Crippen molar-refractivity contribution < 1.29 is 9.53 Å². The first-order valence-electron chi connectivity index (χ1n) is 7.75. The van der Waals surface area contributed by atoms with Gasteiger partial charge in [-0.15, -0.1) is 11.3 Å². The van der Waals surface area contributed by atoms with E-state index >= 15 is 0 Å². The topological polar surface area (TPSA) is 50.4 Å². The maximum absolute atomic E-state index is 12.1. The van der Waals surface area contributed by atoms with E-state index in [0.29, 0.717) is 6.54 Å². The van der Waals surface area contributed by atoms with Crippen molar-refractivity contribution in [3.05, 3.63) is 21.9 Å². The van der Waals surface area contributed by atoms with Crippen LogP contribution in [0.25, 0.3) is 0 Å². The third kappa shape index (κ3) is 5.18. The van der Waals surface area contributed by atoms with Gasteiger partial charge < -0.3 is 15.4 Å². The summed E-state index contributed by atoms with van der Waals surface area (Å²) in [5.74, 6) is 0. The van der Waals surface area contributed by atoms with Crippen LogP contribution in [-0.2, 0) is 11.2 Å². The standard InChI is InChI=1S/C16H26N2O2S2/c1-12(10-14-5-4-13(2)22-14)18-15(19)17-11-16(21-3)6-8-20-9-7-16/h4-5,12H,6-11H2,1-3H3,(H2,17,18,19)/t12-/m1/s1. The zero-order valence-electron chi connectivity index (χ0n) is 13.6. The van der Waals surface area contributed by atoms with Crippen LogP contribution >= 0.6 is 23.1 Å². The number of nitrogens with one attached hydrogen (secondary N) is 2. The van der Waals surface area contributed by atoms with Crippen molar-refractivity contribution in [1.29, 1.82) is 0 Å². The summed E-state index contributed by atoms with van der Waals surface area (Å²) in [4.78, 5) is 14.7. The lowest BCUT2D eigenvalue weighted by molar-refractivity contribution is 0.0777. The van der Waals surface area contributed by atoms with Gasteiger partial charge in [-0.1, -0.05) is 0 Å². The van der Waals surface area contributed by atoms with Gasteiger partial charge in [-0.3, -0.25) is 0 Å². The molecule has 1 aromatic rings. The van der Waals surface area contributed by atoms with Gasteiger partial charge in [0.15, 0.2) is 0 Å². The minimum absolute atomic E-state index is 0.0688. The van der Waals surface area contributed by atoms with Crippen molar-refractivity contribution >= 4 is 29.1 Å². The van der Waals surface area contributed by atoms with Crippen LogP contribution in [0.4, 0.5) is 4.79 Å². The van der Waals surface area contributed by atoms with Gasteiger partial charge in [0.25, 0.3) is 0 Å². The molecule has 0 saturated carbocycles. The highest BCUT2D eigenvalue weighted by Crippen LogP contribution is 2.32. The van der Waals surface area contributed by atoms with Gasteiger partial charge in [-0.2, -0.15) is 11.8 Å². The summed E-state index contributed by atoms with van der Waals surface area (Å²) in [7, 11) is 0. The van der Waals surface area contributed by atoms with Gasteiger partial charge >= 0.3 is 6.03 Å². The average Bonchev–Trinajstić information content (AvgIpc) is 2.91. The van der Waals surface area contributed by atoms with E-state index in [-0.39, 0.29) is 16.8 Å². The molecule has 6 heteroatoms. The molecule has 1 aliphatic rings. The minimum atomic E-state index is -0.0688. The molecule has 1 saturated heterocycles. The molecule has 0 bridgehead atoms. The monoisotopic (exact) mass is 342 g/mol. The van der Waals surface area contributed by atoms with Crippen LogP contribution in [-0.4, -0.2) is 42.8 Å². The molecule has 0 unspecified atom stereocenters. The van der Waals surface area contributed by atoms with Gasteiger partial charge in [0.1, 0.15) is 0 Å². The summed E-state index contributed by atoms with van der Waals surface area (Å²) in [6.45, 7) is 6.44. The molecule has 2 N–H and O–H groups in total. The van der Waals surface area contributed by atoms with E-state index in [2.05, 4.69) is 35.9 Å². The van der Waals surface area contributed by atoms with E-state index < -0.39 is 0 Å². The third-order valence-corrected chi connectivity index (χ3v) is 6.53. The third-order valence-electron chi connectivity index (χ3n) is 4.09. The van der Waals surface area contributed by atoms with Crippen LogP contribution in [0, 0.1) is 6.92 Å². The Bertz CT molecular complexity index is 484. The van der Waals surface area contributed by atoms with Crippen LogP contribution in [0.2, 0.25) is 0 Å². The second-order valence-electron chi connectivity index (χ2n) is 5.94. The Morgan fingerprint density at radius 1 is 1.45 bits per heavy atom. The lowest BCUT2D eigenvalue weighted by Crippen LogP contribution is -2.49. The van der Waals surface area contributed by atoms with Crippen LogP contribution in [0.1, 0.15) is 29.5 Å². The second kappa shape index (κ2) is 8.22. The van der Waals surface area contributed by atoms with E-state index in [1.165, 1.54) is 9.75 Å². The maximum atomic E-state index is 12.1. The second-order valence-corrected chi connectivity index (χ2v) is 8.59. The Morgan fingerprint density at radius 2 is 2.18 bits per heavy atom. The summed E-state index contributed by atoms with van der Waals surface area (Å²) in [5, 5.41) is 6.08. The molecule has 1 fully saturated rings. The zero-order chi connectivity index (χ0) is 16.0. The quantitative estimate of drug-likeness (QED) is 0.835. The van der Waals surface area contributed by atoms with E-state index in [9.17, 15) is 4.79 Å². The zero-order valence-corrected chi connectivity index (χ0v) is 15.2. The molecule has 0 aromatic carbocycles. The van der Waals surface area contributed by atoms with Crippen molar-refractivity contribution in [3.63, 3.8) is 0 Å². The molecule has 2 amide bonds. The molecule has 0 radical (unpaired) electrons. The number of carbonyl (C=O) groups excluding carboxylic acids is 1. The van der Waals surface area contributed by atoms with Crippen molar-refractivity contribution in [3.8, 4) is 0 Å². The fourth-order valence-corrected chi connectivity index (χ4v) is 4.47. The van der Waals surface area contributed by atoms with E-state index in [1.807, 2.05) is 18.7 Å². The Kier molecular flexibility index (Phi) is 6.59. The van der Waals surface area contributed by atoms with Gasteiger partial charge in [0, 0.05) is 46.7 Å². The maximum Gasteiger partial charge on any atom is 0.315 e. The van der Waals surface area contributed by atoms with E-state index in [0.717, 1.165) is 32.5 Å². The van der Waals surface area contributed by atoms with Crippen molar-refractivity contribution in [1.82, 2.24) is 10.6 Å². The highest BCUT2D eigenvalue weighted by atomic mass is 32.2. The van der Waals surface area contributed by atoms with Crippen molar-refractivity contribution in [2.24, 2.45) is 0 Å². The molecule has 2 heterocycles. The normalized spacial score (nSPS) is 18.7. The van der Waals surface area contributed by atoms with Gasteiger partial charge in [-0.25, -0.2) is 4.79 Å². The number of carbonyl (C=O) groups is 1. The first kappa shape index (κ1) is 17.6. The van der Waals surface area contributed by atoms with Crippen LogP contribution in [0.3, 0.4) is 0 Å². The van der Waals surface area contributed by atoms with Crippen LogP contribution in [0.15, 0.2) is 12.1 Å². The molecular formula is C16H26N2O2S2. The molecule has 1 aliphatic heterocycles. The molecule has 0 aliphatic carbocycles. The summed E-state index contributed by atoms with van der Waals surface area (Å²) < 4.78 is 5.55. The van der Waals surface area contributed by atoms with E-state index in [1.54, 1.807) is 11.3 Å². The summed E-state index contributed by atoms with van der Waals surface area (Å²) in [6.07, 6.45) is 5.00. The predicted octanol–water partition coefficient (Wildman–Crippen LogP) is 3.20. The van der Waals surface area contributed by atoms with Gasteiger partial charge in [0.05, 0.1) is 0 Å². The summed E-state index contributed by atoms with van der Waals surface area (Å²) in [6, 6.07) is 4.33. The number of rotatable bonds is 6. The highest BCUT2D eigenvalue weighted by molar-refractivity contribution is 8.00. The number of urea groups is 1.